The van der Waals surface area contributed by atoms with Crippen molar-refractivity contribution in [2.75, 3.05) is 6.61 Å². The molecule has 54 heavy (non-hydrogen) atoms. The number of nitrogens with zero attached hydrogens (tertiary/aromatic N) is 3. The van der Waals surface area contributed by atoms with Gasteiger partial charge in [0.2, 0.25) is 0 Å². The van der Waals surface area contributed by atoms with Crippen molar-refractivity contribution in [2.24, 2.45) is 5.11 Å². The summed E-state index contributed by atoms with van der Waals surface area (Å²) in [7, 11) is 0. The Morgan fingerprint density at radius 2 is 1.19 bits per heavy atom. The Balaban J connectivity index is 1.21. The molecule has 3 saturated heterocycles. The number of rotatable bonds is 14. The minimum atomic E-state index is -1.76. The van der Waals surface area contributed by atoms with Crippen molar-refractivity contribution in [3.05, 3.63) is 154 Å². The summed E-state index contributed by atoms with van der Waals surface area (Å²) in [4.78, 5) is 2.82. The van der Waals surface area contributed by atoms with E-state index in [-0.39, 0.29) is 26.4 Å². The number of ether oxygens (including phenoxy) is 8. The maximum absolute atomic E-state index is 11.7. The van der Waals surface area contributed by atoms with Gasteiger partial charge >= 0.3 is 0 Å². The van der Waals surface area contributed by atoms with Crippen LogP contribution in [0, 0.1) is 0 Å². The van der Waals surface area contributed by atoms with Gasteiger partial charge in [-0.05, 0) is 22.2 Å². The van der Waals surface area contributed by atoms with Gasteiger partial charge in [-0.15, -0.1) is 0 Å². The molecule has 3 aliphatic heterocycles. The Morgan fingerprint density at radius 3 is 1.74 bits per heavy atom. The molecule has 2 unspecified atom stereocenters. The normalized spacial score (nSPS) is 31.5. The third-order valence-electron chi connectivity index (χ3n) is 9.54. The molecule has 3 aliphatic rings. The molecule has 0 radical (unpaired) electrons. The van der Waals surface area contributed by atoms with Gasteiger partial charge in [-0.25, -0.2) is 0 Å². The van der Waals surface area contributed by atoms with E-state index in [1.54, 1.807) is 0 Å². The van der Waals surface area contributed by atoms with Gasteiger partial charge in [0, 0.05) is 10.5 Å². The molecule has 0 spiro atoms. The number of aliphatic hydroxyl groups excluding tert-OH is 3. The highest BCUT2D eigenvalue weighted by Crippen LogP contribution is 2.38. The highest BCUT2D eigenvalue weighted by atomic mass is 16.8. The lowest BCUT2D eigenvalue weighted by Crippen LogP contribution is -2.67. The summed E-state index contributed by atoms with van der Waals surface area (Å²) < 4.78 is 50.3. The van der Waals surface area contributed by atoms with Crippen LogP contribution in [0.3, 0.4) is 0 Å². The van der Waals surface area contributed by atoms with Crippen LogP contribution in [0.1, 0.15) is 28.5 Å². The van der Waals surface area contributed by atoms with Crippen LogP contribution in [0.15, 0.2) is 126 Å². The smallest absolute Gasteiger partial charge is 0.187 e. The first-order valence-electron chi connectivity index (χ1n) is 17.8. The molecule has 3 N–H and O–H groups in total. The van der Waals surface area contributed by atoms with Gasteiger partial charge < -0.3 is 53.2 Å². The van der Waals surface area contributed by atoms with Crippen LogP contribution in [0.2, 0.25) is 0 Å². The van der Waals surface area contributed by atoms with Gasteiger partial charge in [0.15, 0.2) is 25.1 Å². The molecule has 3 heterocycles. The van der Waals surface area contributed by atoms with Gasteiger partial charge in [0.25, 0.3) is 0 Å². The number of azide groups is 1. The van der Waals surface area contributed by atoms with Crippen molar-refractivity contribution < 1.29 is 53.2 Å². The molecular weight excluding hydrogens is 698 g/mol. The molecule has 14 heteroatoms. The van der Waals surface area contributed by atoms with E-state index in [1.165, 1.54) is 0 Å². The lowest BCUT2D eigenvalue weighted by molar-refractivity contribution is -0.395. The van der Waals surface area contributed by atoms with Crippen molar-refractivity contribution in [1.29, 1.82) is 0 Å². The minimum Gasteiger partial charge on any atom is -0.387 e. The molecule has 0 aliphatic carbocycles. The van der Waals surface area contributed by atoms with E-state index in [9.17, 15) is 20.9 Å². The standard InChI is InChI=1S/C40H43N3O11/c41-43-42-37(45)35-33(47-21-25-13-5-1-6-14-25)34(48-22-26-15-7-2-8-16-26)36(49-23-27-17-9-3-10-18-27)40(54-35)53-32-30(44)31-29(51-38(32)46)24-50-39(52-31)28-19-11-4-12-20-28/h1-20,29-40,44-46H,21-24H2/t29-,30+,31-,32-,33+,34+,35+,36-,37?,38+,39?,40+/m1/s1. The zero-order valence-corrected chi connectivity index (χ0v) is 29.3. The Morgan fingerprint density at radius 1 is 0.667 bits per heavy atom. The van der Waals surface area contributed by atoms with Gasteiger partial charge in [0.05, 0.1) is 26.4 Å². The predicted molar refractivity (Wildman–Crippen MR) is 191 cm³/mol. The van der Waals surface area contributed by atoms with Crippen molar-refractivity contribution in [1.82, 2.24) is 0 Å². The Labute approximate surface area is 312 Å². The zero-order valence-electron chi connectivity index (χ0n) is 29.3. The third-order valence-corrected chi connectivity index (χ3v) is 9.54. The second-order valence-electron chi connectivity index (χ2n) is 13.2. The average molecular weight is 742 g/mol. The first kappa shape index (κ1) is 38.0. The van der Waals surface area contributed by atoms with Crippen LogP contribution in [-0.2, 0) is 57.7 Å². The van der Waals surface area contributed by atoms with E-state index in [1.807, 2.05) is 121 Å². The van der Waals surface area contributed by atoms with E-state index in [4.69, 9.17) is 37.9 Å². The fourth-order valence-corrected chi connectivity index (χ4v) is 6.82. The maximum Gasteiger partial charge on any atom is 0.187 e. The van der Waals surface area contributed by atoms with E-state index in [0.717, 1.165) is 22.3 Å². The van der Waals surface area contributed by atoms with Crippen LogP contribution in [-0.4, -0.2) is 89.6 Å². The highest BCUT2D eigenvalue weighted by Gasteiger charge is 2.55. The molecule has 0 bridgehead atoms. The molecule has 284 valence electrons. The largest absolute Gasteiger partial charge is 0.387 e. The number of fused-ring (bicyclic) bond motifs is 1. The van der Waals surface area contributed by atoms with E-state index < -0.39 is 73.9 Å². The fraction of sp³-hybridized carbons (Fsp3) is 0.400. The first-order chi connectivity index (χ1) is 26.5. The van der Waals surface area contributed by atoms with Gasteiger partial charge in [-0.3, -0.25) is 0 Å². The van der Waals surface area contributed by atoms with Crippen molar-refractivity contribution in [3.63, 3.8) is 0 Å². The van der Waals surface area contributed by atoms with Gasteiger partial charge in [-0.1, -0.05) is 126 Å². The molecule has 4 aromatic carbocycles. The summed E-state index contributed by atoms with van der Waals surface area (Å²) >= 11 is 0. The van der Waals surface area contributed by atoms with Crippen LogP contribution >= 0.6 is 0 Å². The molecule has 3 fully saturated rings. The van der Waals surface area contributed by atoms with Crippen molar-refractivity contribution >= 4 is 0 Å². The quantitative estimate of drug-likeness (QED) is 0.0928. The predicted octanol–water partition coefficient (Wildman–Crippen LogP) is 4.67. The third kappa shape index (κ3) is 9.16. The number of aliphatic hydroxyl groups is 3. The monoisotopic (exact) mass is 741 g/mol. The van der Waals surface area contributed by atoms with Crippen LogP contribution in [0.25, 0.3) is 10.4 Å². The van der Waals surface area contributed by atoms with Crippen LogP contribution in [0.4, 0.5) is 0 Å². The maximum atomic E-state index is 11.7. The Kier molecular flexibility index (Phi) is 13.0. The molecule has 0 saturated carbocycles. The lowest BCUT2D eigenvalue weighted by atomic mass is 9.95. The summed E-state index contributed by atoms with van der Waals surface area (Å²) in [6.07, 6.45) is -14.8. The zero-order chi connectivity index (χ0) is 37.3. The van der Waals surface area contributed by atoms with Crippen LogP contribution < -0.4 is 0 Å². The fourth-order valence-electron chi connectivity index (χ4n) is 6.82. The van der Waals surface area contributed by atoms with Gasteiger partial charge in [-0.2, -0.15) is 0 Å². The molecule has 7 rings (SSSR count). The summed E-state index contributed by atoms with van der Waals surface area (Å²) in [6.45, 7) is 0.333. The average Bonchev–Trinajstić information content (AvgIpc) is 3.21. The lowest BCUT2D eigenvalue weighted by Gasteiger charge is -2.50. The minimum absolute atomic E-state index is 0.0457. The second kappa shape index (κ2) is 18.4. The summed E-state index contributed by atoms with van der Waals surface area (Å²) in [5.41, 5.74) is 12.6. The van der Waals surface area contributed by atoms with Crippen molar-refractivity contribution in [2.45, 2.75) is 93.8 Å². The summed E-state index contributed by atoms with van der Waals surface area (Å²) in [5.74, 6) is 0. The van der Waals surface area contributed by atoms with Crippen molar-refractivity contribution in [3.8, 4) is 0 Å². The molecule has 4 aromatic rings. The summed E-state index contributed by atoms with van der Waals surface area (Å²) in [6, 6.07) is 37.6. The van der Waals surface area contributed by atoms with Gasteiger partial charge in [0.1, 0.15) is 48.8 Å². The molecule has 12 atom stereocenters. The molecule has 0 aromatic heterocycles. The van der Waals surface area contributed by atoms with Crippen LogP contribution in [0.5, 0.6) is 0 Å². The second-order valence-corrected chi connectivity index (χ2v) is 13.2. The first-order valence-corrected chi connectivity index (χ1v) is 17.8. The molecular formula is C40H43N3O11. The van der Waals surface area contributed by atoms with E-state index in [0.29, 0.717) is 0 Å². The molecule has 0 amide bonds. The Bertz CT molecular complexity index is 1770. The SMILES string of the molecule is [N-]=[N+]=NC(O)[C@H]1O[C@H](O[C@@H]2[C@@H](O)[C@@H]3OC(c4ccccc4)OC[C@H]3O[C@@H]2O)[C@H](OCc2ccccc2)[C@@H](OCc2ccccc2)[C@@H]1OCc1ccccc1. The highest BCUT2D eigenvalue weighted by molar-refractivity contribution is 5.18. The Hall–Kier alpha value is -4.25. The van der Waals surface area contributed by atoms with E-state index >= 15 is 0 Å². The molecule has 14 nitrogen and oxygen atoms in total. The van der Waals surface area contributed by atoms with E-state index in [2.05, 4.69) is 10.0 Å². The number of hydrogen-bond acceptors (Lipinski definition) is 12. The number of benzene rings is 4. The summed E-state index contributed by atoms with van der Waals surface area (Å²) in [5, 5.41) is 37.8. The topological polar surface area (TPSA) is 183 Å². The number of hydrogen-bond donors (Lipinski definition) is 3.